The Morgan fingerprint density at radius 2 is 1.79 bits per heavy atom. The average molecular weight is 599 g/mol. The van der Waals surface area contributed by atoms with E-state index in [0.29, 0.717) is 48.2 Å². The Morgan fingerprint density at radius 1 is 1.00 bits per heavy atom. The zero-order valence-corrected chi connectivity index (χ0v) is 24.5. The first-order chi connectivity index (χ1) is 20.4. The number of methoxy groups -OCH3 is 1. The number of nitrogens with one attached hydrogen (secondary N) is 2. The fraction of sp³-hybridized carbons (Fsp3) is 0.345. The summed E-state index contributed by atoms with van der Waals surface area (Å²) in [4.78, 5) is 34.4. The number of ether oxygens (including phenoxy) is 2. The van der Waals surface area contributed by atoms with Crippen LogP contribution in [0.3, 0.4) is 0 Å². The average Bonchev–Trinajstić information content (AvgIpc) is 2.96. The number of benzene rings is 2. The fourth-order valence-corrected chi connectivity index (χ4v) is 3.94. The van der Waals surface area contributed by atoms with Crippen molar-refractivity contribution in [1.82, 2.24) is 24.8 Å². The second kappa shape index (κ2) is 13.6. The Bertz CT molecular complexity index is 1580. The highest BCUT2D eigenvalue weighted by Crippen LogP contribution is 2.34. The number of rotatable bonds is 12. The summed E-state index contributed by atoms with van der Waals surface area (Å²) in [6, 6.07) is 8.05. The predicted molar refractivity (Wildman–Crippen MR) is 158 cm³/mol. The number of alkyl halides is 3. The maximum atomic E-state index is 13.6. The van der Waals surface area contributed by atoms with Gasteiger partial charge < -0.3 is 29.9 Å². The number of anilines is 4. The highest BCUT2D eigenvalue weighted by molar-refractivity contribution is 6.05. The molecule has 2 aromatic carbocycles. The van der Waals surface area contributed by atoms with Gasteiger partial charge in [0, 0.05) is 50.3 Å². The van der Waals surface area contributed by atoms with E-state index in [1.54, 1.807) is 31.5 Å². The molecule has 228 valence electrons. The number of amides is 1. The van der Waals surface area contributed by atoms with Crippen molar-refractivity contribution in [2.45, 2.75) is 13.1 Å². The predicted octanol–water partition coefficient (Wildman–Crippen LogP) is 4.77. The second-order valence-electron chi connectivity index (χ2n) is 10.0. The number of carbonyl (C=O) groups excluding carboxylic acids is 1. The van der Waals surface area contributed by atoms with Crippen molar-refractivity contribution in [3.05, 3.63) is 65.6 Å². The van der Waals surface area contributed by atoms with Gasteiger partial charge in [-0.3, -0.25) is 4.79 Å². The minimum absolute atomic E-state index is 0.00287. The second-order valence-corrected chi connectivity index (χ2v) is 10.0. The van der Waals surface area contributed by atoms with Crippen LogP contribution in [0.1, 0.15) is 21.5 Å². The van der Waals surface area contributed by atoms with Gasteiger partial charge in [-0.25, -0.2) is 19.9 Å². The number of halogens is 3. The van der Waals surface area contributed by atoms with Gasteiger partial charge in [-0.15, -0.1) is 0 Å². The number of likely N-dealkylation sites (N-methyl/N-ethyl adjacent to an activating group) is 2. The lowest BCUT2D eigenvalue weighted by atomic mass is 10.1. The summed E-state index contributed by atoms with van der Waals surface area (Å²) in [7, 11) is 7.10. The van der Waals surface area contributed by atoms with E-state index in [1.165, 1.54) is 12.4 Å². The maximum absolute atomic E-state index is 13.6. The summed E-state index contributed by atoms with van der Waals surface area (Å²) in [6.45, 7) is 3.60. The van der Waals surface area contributed by atoms with Crippen molar-refractivity contribution in [2.24, 2.45) is 0 Å². The third-order valence-electron chi connectivity index (χ3n) is 6.39. The summed E-state index contributed by atoms with van der Waals surface area (Å²) in [5.74, 6) is 0.256. The Balaban J connectivity index is 1.59. The minimum atomic E-state index is -4.62. The molecule has 0 aliphatic carbocycles. The Kier molecular flexibility index (Phi) is 9.93. The highest BCUT2D eigenvalue weighted by Gasteiger charge is 2.31. The van der Waals surface area contributed by atoms with E-state index in [2.05, 4.69) is 30.6 Å². The SMILES string of the molecule is COCCN(C)c1ncc2ncnc(Nc3cc(C(=O)Nc4cc(OCCN(C)C)cc(C(F)(F)F)c4)ccc3C)c2n1. The summed E-state index contributed by atoms with van der Waals surface area (Å²) in [6.07, 6.45) is -1.65. The zero-order valence-electron chi connectivity index (χ0n) is 24.5. The summed E-state index contributed by atoms with van der Waals surface area (Å²) >= 11 is 0. The molecule has 0 spiro atoms. The molecule has 14 heteroatoms. The van der Waals surface area contributed by atoms with Crippen molar-refractivity contribution in [2.75, 3.05) is 70.1 Å². The lowest BCUT2D eigenvalue weighted by molar-refractivity contribution is -0.137. The van der Waals surface area contributed by atoms with Crippen LogP contribution in [0.15, 0.2) is 48.9 Å². The van der Waals surface area contributed by atoms with Gasteiger partial charge in [0.25, 0.3) is 5.91 Å². The van der Waals surface area contributed by atoms with Gasteiger partial charge >= 0.3 is 6.18 Å². The normalized spacial score (nSPS) is 11.6. The van der Waals surface area contributed by atoms with Crippen LogP contribution in [0.2, 0.25) is 0 Å². The van der Waals surface area contributed by atoms with E-state index in [-0.39, 0.29) is 23.6 Å². The van der Waals surface area contributed by atoms with Crippen molar-refractivity contribution < 1.29 is 27.4 Å². The van der Waals surface area contributed by atoms with E-state index in [1.807, 2.05) is 37.9 Å². The van der Waals surface area contributed by atoms with E-state index in [4.69, 9.17) is 9.47 Å². The molecule has 0 unspecified atom stereocenters. The Morgan fingerprint density at radius 3 is 2.51 bits per heavy atom. The smallest absolute Gasteiger partial charge is 0.416 e. The number of nitrogens with zero attached hydrogens (tertiary/aromatic N) is 6. The lowest BCUT2D eigenvalue weighted by Crippen LogP contribution is -2.24. The van der Waals surface area contributed by atoms with E-state index in [0.717, 1.165) is 17.7 Å². The molecule has 2 N–H and O–H groups in total. The van der Waals surface area contributed by atoms with Crippen LogP contribution in [-0.2, 0) is 10.9 Å². The lowest BCUT2D eigenvalue weighted by Gasteiger charge is -2.17. The molecule has 0 saturated heterocycles. The van der Waals surface area contributed by atoms with Gasteiger partial charge in [-0.05, 0) is 50.8 Å². The van der Waals surface area contributed by atoms with Crippen LogP contribution < -0.4 is 20.3 Å². The zero-order chi connectivity index (χ0) is 31.1. The molecule has 0 saturated carbocycles. The molecule has 43 heavy (non-hydrogen) atoms. The van der Waals surface area contributed by atoms with E-state index < -0.39 is 17.6 Å². The molecule has 0 atom stereocenters. The molecule has 0 bridgehead atoms. The summed E-state index contributed by atoms with van der Waals surface area (Å²) in [5.41, 5.74) is 1.58. The van der Waals surface area contributed by atoms with Gasteiger partial charge in [-0.2, -0.15) is 13.2 Å². The summed E-state index contributed by atoms with van der Waals surface area (Å²) < 4.78 is 51.4. The molecule has 0 aliphatic heterocycles. The van der Waals surface area contributed by atoms with Crippen molar-refractivity contribution in [1.29, 1.82) is 0 Å². The number of aryl methyl sites for hydroxylation is 1. The first-order valence-electron chi connectivity index (χ1n) is 13.3. The molecular weight excluding hydrogens is 565 g/mol. The number of carbonyl (C=O) groups is 1. The van der Waals surface area contributed by atoms with Crippen LogP contribution in [0, 0.1) is 6.92 Å². The Labute approximate surface area is 247 Å². The molecule has 4 aromatic rings. The summed E-state index contributed by atoms with van der Waals surface area (Å²) in [5, 5.41) is 5.78. The third-order valence-corrected chi connectivity index (χ3v) is 6.39. The maximum Gasteiger partial charge on any atom is 0.416 e. The largest absolute Gasteiger partial charge is 0.492 e. The van der Waals surface area contributed by atoms with Crippen LogP contribution in [0.4, 0.5) is 36.3 Å². The fourth-order valence-electron chi connectivity index (χ4n) is 3.94. The first-order valence-corrected chi connectivity index (χ1v) is 13.3. The van der Waals surface area contributed by atoms with Crippen LogP contribution >= 0.6 is 0 Å². The van der Waals surface area contributed by atoms with Crippen molar-refractivity contribution >= 4 is 40.1 Å². The van der Waals surface area contributed by atoms with Crippen LogP contribution in [-0.4, -0.2) is 85.3 Å². The van der Waals surface area contributed by atoms with Crippen molar-refractivity contribution in [3.8, 4) is 5.75 Å². The molecule has 2 aromatic heterocycles. The number of hydrogen-bond donors (Lipinski definition) is 2. The molecule has 1 amide bonds. The minimum Gasteiger partial charge on any atom is -0.492 e. The standard InChI is InChI=1S/C29H33F3N8O3/c1-18-6-7-19(27(41)36-21-13-20(29(30,31)32)14-22(15-21)43-11-8-39(2)3)12-23(18)37-26-25-24(34-17-35-26)16-33-28(38-25)40(4)9-10-42-5/h6-7,12-17H,8-11H2,1-5H3,(H,36,41)(H,34,35,37). The molecule has 0 aliphatic rings. The topological polar surface area (TPSA) is 118 Å². The molecule has 2 heterocycles. The number of fused-ring (bicyclic) bond motifs is 1. The molecule has 0 fully saturated rings. The van der Waals surface area contributed by atoms with Crippen LogP contribution in [0.25, 0.3) is 11.0 Å². The van der Waals surface area contributed by atoms with Crippen molar-refractivity contribution in [3.63, 3.8) is 0 Å². The van der Waals surface area contributed by atoms with Gasteiger partial charge in [0.15, 0.2) is 5.82 Å². The number of hydrogen-bond acceptors (Lipinski definition) is 10. The number of aromatic nitrogens is 4. The van der Waals surface area contributed by atoms with Crippen LogP contribution in [0.5, 0.6) is 5.75 Å². The van der Waals surface area contributed by atoms with Gasteiger partial charge in [0.05, 0.1) is 18.4 Å². The molecule has 0 radical (unpaired) electrons. The van der Waals surface area contributed by atoms with Gasteiger partial charge in [0.1, 0.15) is 29.7 Å². The van der Waals surface area contributed by atoms with Gasteiger partial charge in [-0.1, -0.05) is 6.07 Å². The van der Waals surface area contributed by atoms with E-state index >= 15 is 0 Å². The molecule has 11 nitrogen and oxygen atoms in total. The third kappa shape index (κ3) is 8.26. The quantitative estimate of drug-likeness (QED) is 0.236. The molecular formula is C29H33F3N8O3. The first kappa shape index (κ1) is 31.4. The van der Waals surface area contributed by atoms with E-state index in [9.17, 15) is 18.0 Å². The van der Waals surface area contributed by atoms with Gasteiger partial charge in [0.2, 0.25) is 5.95 Å². The monoisotopic (exact) mass is 598 g/mol. The highest BCUT2D eigenvalue weighted by atomic mass is 19.4. The molecule has 4 rings (SSSR count). The Hall–Kier alpha value is -4.56.